The average molecular weight is 593 g/mol. The van der Waals surface area contributed by atoms with Crippen LogP contribution in [-0.2, 0) is 16.2 Å². The van der Waals surface area contributed by atoms with Crippen LogP contribution in [0.4, 0.5) is 29.2 Å². The summed E-state index contributed by atoms with van der Waals surface area (Å²) < 4.78 is 92.9. The maximum absolute atomic E-state index is 14.9. The van der Waals surface area contributed by atoms with Gasteiger partial charge in [0.25, 0.3) is 5.91 Å². The van der Waals surface area contributed by atoms with Crippen molar-refractivity contribution in [2.75, 3.05) is 45.9 Å². The Morgan fingerprint density at radius 3 is 2.52 bits per heavy atom. The number of hydrogen-bond acceptors (Lipinski definition) is 9. The molecule has 3 N–H and O–H groups in total. The summed E-state index contributed by atoms with van der Waals surface area (Å²) in [5.74, 6) is -2.75. The van der Waals surface area contributed by atoms with E-state index < -0.39 is 51.5 Å². The predicted molar refractivity (Wildman–Crippen MR) is 139 cm³/mol. The highest BCUT2D eigenvalue weighted by atomic mass is 32.2. The van der Waals surface area contributed by atoms with E-state index in [0.29, 0.717) is 38.4 Å². The molecule has 222 valence electrons. The third kappa shape index (κ3) is 8.63. The second-order valence-corrected chi connectivity index (χ2v) is 11.3. The number of methoxy groups -OCH3 is 1. The number of ether oxygens (including phenoxy) is 2. The molecule has 0 unspecified atom stereocenters. The van der Waals surface area contributed by atoms with E-state index in [1.165, 1.54) is 7.11 Å². The molecule has 3 rings (SSSR count). The van der Waals surface area contributed by atoms with Gasteiger partial charge in [0.15, 0.2) is 0 Å². The number of carbonyl (C=O) groups excluding carboxylic acids is 1. The van der Waals surface area contributed by atoms with Crippen molar-refractivity contribution >= 4 is 27.6 Å². The average Bonchev–Trinajstić information content (AvgIpc) is 2.83. The van der Waals surface area contributed by atoms with Gasteiger partial charge in [-0.15, -0.1) is 0 Å². The minimum Gasteiger partial charge on any atom is -0.495 e. The number of likely N-dealkylation sites (N-methyl/N-ethyl adjacent to an activating group) is 1. The second kappa shape index (κ2) is 13.0. The van der Waals surface area contributed by atoms with Crippen molar-refractivity contribution in [3.05, 3.63) is 35.3 Å². The quantitative estimate of drug-likeness (QED) is 0.337. The number of hydrogen-bond donors (Lipinski definition) is 3. The summed E-state index contributed by atoms with van der Waals surface area (Å²) in [5, 5.41) is 5.20. The smallest absolute Gasteiger partial charge is 0.423 e. The minimum atomic E-state index is -4.87. The Morgan fingerprint density at radius 1 is 1.20 bits per heavy atom. The first kappa shape index (κ1) is 31.3. The summed E-state index contributed by atoms with van der Waals surface area (Å²) in [7, 11) is 1.26. The van der Waals surface area contributed by atoms with Gasteiger partial charge in [-0.2, -0.15) is 18.2 Å². The second-order valence-electron chi connectivity index (χ2n) is 9.56. The molecule has 1 aliphatic rings. The molecule has 1 saturated carbocycles. The van der Waals surface area contributed by atoms with Gasteiger partial charge in [0.1, 0.15) is 23.2 Å². The number of benzene rings is 1. The van der Waals surface area contributed by atoms with Crippen LogP contribution in [0.3, 0.4) is 0 Å². The molecule has 0 spiro atoms. The van der Waals surface area contributed by atoms with Crippen LogP contribution in [0.25, 0.3) is 0 Å². The predicted octanol–water partition coefficient (Wildman–Crippen LogP) is 2.92. The van der Waals surface area contributed by atoms with Crippen molar-refractivity contribution in [1.29, 1.82) is 0 Å². The Hall–Kier alpha value is -3.24. The Morgan fingerprint density at radius 2 is 1.90 bits per heavy atom. The fourth-order valence-corrected chi connectivity index (χ4v) is 4.92. The summed E-state index contributed by atoms with van der Waals surface area (Å²) in [6.45, 7) is 0.809. The number of halogens is 4. The summed E-state index contributed by atoms with van der Waals surface area (Å²) in [5.41, 5.74) is -1.60. The molecule has 2 atom stereocenters. The monoisotopic (exact) mass is 592 g/mol. The van der Waals surface area contributed by atoms with Crippen LogP contribution in [0.2, 0.25) is 0 Å². The number of alkyl halides is 3. The number of nitrogens with one attached hydrogen (secondary N) is 3. The first-order valence-electron chi connectivity index (χ1n) is 12.3. The van der Waals surface area contributed by atoms with Crippen LogP contribution in [0.15, 0.2) is 18.3 Å². The number of nitrogens with zero attached hydrogens (tertiary/aromatic N) is 3. The van der Waals surface area contributed by atoms with Crippen LogP contribution in [0, 0.1) is 5.82 Å². The molecular weight excluding hydrogens is 560 g/mol. The third-order valence-electron chi connectivity index (χ3n) is 6.02. The van der Waals surface area contributed by atoms with Gasteiger partial charge in [0.2, 0.25) is 21.9 Å². The SMILES string of the molecule is COc1cc(C(=O)NCCN(C)C)c(F)cc1Nc1ncc(C(F)(F)F)c(O[C@@H]2CCCC[C@H]2NS(C)(=O)=O)n1. The highest BCUT2D eigenvalue weighted by Crippen LogP contribution is 2.38. The maximum atomic E-state index is 14.9. The number of amides is 1. The zero-order valence-electron chi connectivity index (χ0n) is 22.4. The molecule has 0 radical (unpaired) electrons. The Balaban J connectivity index is 1.89. The molecule has 0 bridgehead atoms. The van der Waals surface area contributed by atoms with Gasteiger partial charge >= 0.3 is 6.18 Å². The highest BCUT2D eigenvalue weighted by Gasteiger charge is 2.38. The molecule has 1 aliphatic carbocycles. The van der Waals surface area contributed by atoms with E-state index in [2.05, 4.69) is 25.3 Å². The summed E-state index contributed by atoms with van der Waals surface area (Å²) in [6.07, 6.45) is -2.34. The molecule has 0 aliphatic heterocycles. The van der Waals surface area contributed by atoms with Gasteiger partial charge in [-0.25, -0.2) is 22.5 Å². The lowest BCUT2D eigenvalue weighted by Gasteiger charge is -2.32. The van der Waals surface area contributed by atoms with E-state index >= 15 is 0 Å². The molecule has 16 heteroatoms. The Bertz CT molecular complexity index is 1310. The van der Waals surface area contributed by atoms with E-state index in [1.54, 1.807) is 0 Å². The van der Waals surface area contributed by atoms with Crippen molar-refractivity contribution < 1.29 is 40.2 Å². The van der Waals surface area contributed by atoms with Crippen LogP contribution in [0.5, 0.6) is 11.6 Å². The maximum Gasteiger partial charge on any atom is 0.423 e. The standard InChI is InChI=1S/C24H32F4N6O5S/c1-34(2)10-9-29-21(35)14-11-20(38-3)18(12-16(14)25)31-23-30-13-15(24(26,27)28)22(32-23)39-19-8-6-5-7-17(19)33-40(4,36)37/h11-13,17,19,33H,5-10H2,1-4H3,(H,29,35)(H,30,31,32)/t17-,19-/m1/s1. The van der Waals surface area contributed by atoms with Crippen molar-refractivity contribution in [3.63, 3.8) is 0 Å². The lowest BCUT2D eigenvalue weighted by Crippen LogP contribution is -2.47. The molecule has 1 aromatic heterocycles. The topological polar surface area (TPSA) is 135 Å². The van der Waals surface area contributed by atoms with E-state index in [-0.39, 0.29) is 29.5 Å². The molecule has 40 heavy (non-hydrogen) atoms. The zero-order valence-corrected chi connectivity index (χ0v) is 23.2. The lowest BCUT2D eigenvalue weighted by atomic mass is 9.93. The van der Waals surface area contributed by atoms with E-state index in [1.807, 2.05) is 19.0 Å². The molecule has 1 amide bonds. The van der Waals surface area contributed by atoms with Gasteiger partial charge in [-0.05, 0) is 39.4 Å². The molecule has 2 aromatic rings. The fraction of sp³-hybridized carbons (Fsp3) is 0.542. The van der Waals surface area contributed by atoms with Gasteiger partial charge in [-0.3, -0.25) is 4.79 Å². The number of anilines is 2. The Labute approximate surface area is 229 Å². The number of sulfonamides is 1. The van der Waals surface area contributed by atoms with Gasteiger partial charge < -0.3 is 25.0 Å². The molecule has 1 aromatic carbocycles. The molecular formula is C24H32F4N6O5S. The summed E-state index contributed by atoms with van der Waals surface area (Å²) in [6, 6.07) is 1.34. The lowest BCUT2D eigenvalue weighted by molar-refractivity contribution is -0.140. The molecule has 1 fully saturated rings. The van der Waals surface area contributed by atoms with Crippen molar-refractivity contribution in [1.82, 2.24) is 24.9 Å². The minimum absolute atomic E-state index is 0.00910. The first-order valence-corrected chi connectivity index (χ1v) is 14.2. The zero-order chi connectivity index (χ0) is 29.7. The summed E-state index contributed by atoms with van der Waals surface area (Å²) in [4.78, 5) is 21.8. The number of aromatic nitrogens is 2. The van der Waals surface area contributed by atoms with Gasteiger partial charge in [-0.1, -0.05) is 6.42 Å². The normalized spacial score (nSPS) is 17.9. The highest BCUT2D eigenvalue weighted by molar-refractivity contribution is 7.88. The van der Waals surface area contributed by atoms with Gasteiger partial charge in [0, 0.05) is 25.4 Å². The number of carbonyl (C=O) groups is 1. The number of rotatable bonds is 11. The van der Waals surface area contributed by atoms with Crippen molar-refractivity contribution in [2.24, 2.45) is 0 Å². The van der Waals surface area contributed by atoms with E-state index in [4.69, 9.17) is 9.47 Å². The van der Waals surface area contributed by atoms with Crippen LogP contribution in [-0.4, -0.2) is 81.9 Å². The summed E-state index contributed by atoms with van der Waals surface area (Å²) >= 11 is 0. The first-order chi connectivity index (χ1) is 18.7. The largest absolute Gasteiger partial charge is 0.495 e. The van der Waals surface area contributed by atoms with Crippen molar-refractivity contribution in [2.45, 2.75) is 44.0 Å². The van der Waals surface area contributed by atoms with Gasteiger partial charge in [0.05, 0.1) is 30.7 Å². The van der Waals surface area contributed by atoms with E-state index in [9.17, 15) is 30.8 Å². The van der Waals surface area contributed by atoms with Crippen LogP contribution in [0.1, 0.15) is 41.6 Å². The Kier molecular flexibility index (Phi) is 10.1. The molecule has 1 heterocycles. The molecule has 11 nitrogen and oxygen atoms in total. The van der Waals surface area contributed by atoms with Crippen molar-refractivity contribution in [3.8, 4) is 11.6 Å². The fourth-order valence-electron chi connectivity index (χ4n) is 4.10. The molecule has 0 saturated heterocycles. The van der Waals surface area contributed by atoms with Crippen LogP contribution < -0.4 is 24.8 Å². The van der Waals surface area contributed by atoms with Crippen LogP contribution >= 0.6 is 0 Å². The third-order valence-corrected chi connectivity index (χ3v) is 6.75. The van der Waals surface area contributed by atoms with E-state index in [0.717, 1.165) is 18.4 Å².